The molecule has 1 atom stereocenters. The molecule has 4 heteroatoms. The first-order valence-electron chi connectivity index (χ1n) is 9.81. The van der Waals surface area contributed by atoms with Gasteiger partial charge in [-0.3, -0.25) is 4.90 Å². The highest BCUT2D eigenvalue weighted by molar-refractivity contribution is 8.03. The monoisotopic (exact) mass is 361 g/mol. The maximum atomic E-state index is 3.82. The van der Waals surface area contributed by atoms with Gasteiger partial charge in [0.25, 0.3) is 0 Å². The van der Waals surface area contributed by atoms with Gasteiger partial charge in [-0.15, -0.1) is 0 Å². The molecule has 25 heavy (non-hydrogen) atoms. The second-order valence-electron chi connectivity index (χ2n) is 6.60. The van der Waals surface area contributed by atoms with Crippen LogP contribution in [0.1, 0.15) is 54.0 Å². The molecule has 0 aliphatic carbocycles. The van der Waals surface area contributed by atoms with Gasteiger partial charge in [-0.2, -0.15) is 0 Å². The number of thioether (sulfide) groups is 1. The number of benzene rings is 1. The largest absolute Gasteiger partial charge is 0.372 e. The summed E-state index contributed by atoms with van der Waals surface area (Å²) < 4.78 is 0. The number of allylic oxidation sites excluding steroid dienone is 1. The molecule has 0 spiro atoms. The Morgan fingerprint density at radius 3 is 2.16 bits per heavy atom. The summed E-state index contributed by atoms with van der Waals surface area (Å²) in [5.41, 5.74) is 5.46. The van der Waals surface area contributed by atoms with Crippen LogP contribution in [0.2, 0.25) is 0 Å². The van der Waals surface area contributed by atoms with E-state index in [9.17, 15) is 0 Å². The first kappa shape index (κ1) is 20.2. The number of anilines is 2. The van der Waals surface area contributed by atoms with Crippen molar-refractivity contribution < 1.29 is 0 Å². The van der Waals surface area contributed by atoms with E-state index < -0.39 is 0 Å². The van der Waals surface area contributed by atoms with Crippen LogP contribution in [0.3, 0.4) is 0 Å². The van der Waals surface area contributed by atoms with Crippen molar-refractivity contribution >= 4 is 23.1 Å². The van der Waals surface area contributed by atoms with Crippen molar-refractivity contribution in [3.05, 3.63) is 28.3 Å². The molecule has 0 saturated carbocycles. The summed E-state index contributed by atoms with van der Waals surface area (Å²) in [6, 6.07) is 5.16. The van der Waals surface area contributed by atoms with Gasteiger partial charge >= 0.3 is 0 Å². The number of likely N-dealkylation sites (N-methyl/N-ethyl adjacent to an activating group) is 1. The van der Waals surface area contributed by atoms with Gasteiger partial charge < -0.3 is 10.2 Å². The van der Waals surface area contributed by atoms with Gasteiger partial charge in [0, 0.05) is 40.3 Å². The Morgan fingerprint density at radius 2 is 1.64 bits per heavy atom. The lowest BCUT2D eigenvalue weighted by atomic mass is 10.1. The number of nitrogens with zero attached hydrogens (tertiary/aromatic N) is 2. The van der Waals surface area contributed by atoms with Crippen LogP contribution in [0.15, 0.2) is 27.6 Å². The van der Waals surface area contributed by atoms with Crippen LogP contribution in [0.4, 0.5) is 11.4 Å². The summed E-state index contributed by atoms with van der Waals surface area (Å²) in [7, 11) is 0. The van der Waals surface area contributed by atoms with Crippen molar-refractivity contribution in [2.45, 2.75) is 65.8 Å². The van der Waals surface area contributed by atoms with E-state index >= 15 is 0 Å². The Morgan fingerprint density at radius 1 is 1.00 bits per heavy atom. The summed E-state index contributed by atoms with van der Waals surface area (Å²) in [4.78, 5) is 7.71. The van der Waals surface area contributed by atoms with Crippen molar-refractivity contribution in [3.8, 4) is 0 Å². The van der Waals surface area contributed by atoms with Crippen molar-refractivity contribution in [2.75, 3.05) is 36.4 Å². The molecule has 0 aromatic heterocycles. The van der Waals surface area contributed by atoms with E-state index in [1.807, 2.05) is 11.8 Å². The minimum absolute atomic E-state index is 0.419. The Balaban J connectivity index is 2.41. The minimum atomic E-state index is 0.419. The standard InChI is InChI=1S/C21H35N3S/c1-8-17-13-18(24(11-4)12-5)14-19-21(17)22-20(16(7)25-19)15(6)23(9-2)10-3/h13-15,22H,8-12H2,1-7H3/t15-/m0/s1. The highest BCUT2D eigenvalue weighted by Crippen LogP contribution is 2.44. The van der Waals surface area contributed by atoms with Crippen LogP contribution < -0.4 is 10.2 Å². The highest BCUT2D eigenvalue weighted by atomic mass is 32.2. The third-order valence-corrected chi connectivity index (χ3v) is 6.43. The van der Waals surface area contributed by atoms with Gasteiger partial charge in [0.15, 0.2) is 0 Å². The van der Waals surface area contributed by atoms with Crippen LogP contribution in [0.5, 0.6) is 0 Å². The normalized spacial score (nSPS) is 15.2. The van der Waals surface area contributed by atoms with Crippen LogP contribution in [0, 0.1) is 0 Å². The molecule has 1 aliphatic rings. The maximum absolute atomic E-state index is 3.82. The van der Waals surface area contributed by atoms with Crippen molar-refractivity contribution in [3.63, 3.8) is 0 Å². The molecule has 1 aromatic rings. The van der Waals surface area contributed by atoms with Crippen LogP contribution in [-0.2, 0) is 6.42 Å². The molecular weight excluding hydrogens is 326 g/mol. The molecule has 0 saturated heterocycles. The first-order chi connectivity index (χ1) is 12.0. The molecule has 1 aliphatic heterocycles. The molecule has 0 fully saturated rings. The molecule has 3 nitrogen and oxygen atoms in total. The number of nitrogens with one attached hydrogen (secondary N) is 1. The fourth-order valence-corrected chi connectivity index (χ4v) is 4.85. The van der Waals surface area contributed by atoms with Gasteiger partial charge in [0.1, 0.15) is 0 Å². The molecule has 1 heterocycles. The van der Waals surface area contributed by atoms with Gasteiger partial charge in [0.05, 0.1) is 5.69 Å². The first-order valence-corrected chi connectivity index (χ1v) is 10.6. The zero-order valence-electron chi connectivity index (χ0n) is 17.1. The highest BCUT2D eigenvalue weighted by Gasteiger charge is 2.25. The predicted molar refractivity (Wildman–Crippen MR) is 114 cm³/mol. The Hall–Kier alpha value is -1.13. The SMILES string of the molecule is CCc1cc(N(CC)CC)cc2c1NC([C@H](C)N(CC)CC)=C(C)S2. The van der Waals surface area contributed by atoms with E-state index in [1.54, 1.807) is 0 Å². The quantitative estimate of drug-likeness (QED) is 0.651. The topological polar surface area (TPSA) is 18.5 Å². The summed E-state index contributed by atoms with van der Waals surface area (Å²) >= 11 is 1.93. The fraction of sp³-hybridized carbons (Fsp3) is 0.619. The summed E-state index contributed by atoms with van der Waals surface area (Å²) in [5, 5.41) is 3.82. The fourth-order valence-electron chi connectivity index (χ4n) is 3.72. The molecule has 0 unspecified atom stereocenters. The van der Waals surface area contributed by atoms with Gasteiger partial charge in [-0.1, -0.05) is 32.5 Å². The number of rotatable bonds is 8. The number of fused-ring (bicyclic) bond motifs is 1. The van der Waals surface area contributed by atoms with Crippen molar-refractivity contribution in [2.24, 2.45) is 0 Å². The van der Waals surface area contributed by atoms with E-state index in [-0.39, 0.29) is 0 Å². The van der Waals surface area contributed by atoms with Crippen LogP contribution >= 0.6 is 11.8 Å². The summed E-state index contributed by atoms with van der Waals surface area (Å²) in [6.07, 6.45) is 1.05. The second-order valence-corrected chi connectivity index (χ2v) is 7.85. The average molecular weight is 362 g/mol. The molecule has 0 bridgehead atoms. The summed E-state index contributed by atoms with van der Waals surface area (Å²) in [5.74, 6) is 0. The third kappa shape index (κ3) is 4.17. The second kappa shape index (κ2) is 9.00. The van der Waals surface area contributed by atoms with E-state index in [1.165, 1.54) is 32.4 Å². The van der Waals surface area contributed by atoms with E-state index in [4.69, 9.17) is 0 Å². The van der Waals surface area contributed by atoms with E-state index in [0.717, 1.165) is 32.6 Å². The number of hydrogen-bond donors (Lipinski definition) is 1. The average Bonchev–Trinajstić information content (AvgIpc) is 2.62. The van der Waals surface area contributed by atoms with Gasteiger partial charge in [-0.05, 0) is 64.9 Å². The van der Waals surface area contributed by atoms with Crippen molar-refractivity contribution in [1.29, 1.82) is 0 Å². The minimum Gasteiger partial charge on any atom is -0.372 e. The maximum Gasteiger partial charge on any atom is 0.0558 e. The van der Waals surface area contributed by atoms with E-state index in [2.05, 4.69) is 75.7 Å². The molecule has 140 valence electrons. The lowest BCUT2D eigenvalue weighted by molar-refractivity contribution is 0.259. The smallest absolute Gasteiger partial charge is 0.0558 e. The molecular formula is C21H35N3S. The molecule has 1 N–H and O–H groups in total. The number of hydrogen-bond acceptors (Lipinski definition) is 4. The molecule has 2 rings (SSSR count). The third-order valence-electron chi connectivity index (χ3n) is 5.36. The molecule has 0 radical (unpaired) electrons. The van der Waals surface area contributed by atoms with E-state index in [0.29, 0.717) is 6.04 Å². The lowest BCUT2D eigenvalue weighted by Gasteiger charge is -2.34. The van der Waals surface area contributed by atoms with Crippen LogP contribution in [0.25, 0.3) is 0 Å². The molecule has 1 aromatic carbocycles. The van der Waals surface area contributed by atoms with Gasteiger partial charge in [0.2, 0.25) is 0 Å². The van der Waals surface area contributed by atoms with Gasteiger partial charge in [-0.25, -0.2) is 0 Å². The predicted octanol–water partition coefficient (Wildman–Crippen LogP) is 5.57. The Bertz CT molecular complexity index is 616. The Kier molecular flexibility index (Phi) is 7.26. The van der Waals surface area contributed by atoms with Crippen molar-refractivity contribution in [1.82, 2.24) is 4.90 Å². The Labute approximate surface area is 158 Å². The zero-order chi connectivity index (χ0) is 18.6. The summed E-state index contributed by atoms with van der Waals surface area (Å²) in [6.45, 7) is 20.0. The van der Waals surface area contributed by atoms with Crippen LogP contribution in [-0.4, -0.2) is 37.1 Å². The zero-order valence-corrected chi connectivity index (χ0v) is 17.9. The molecule has 0 amide bonds. The lowest BCUT2D eigenvalue weighted by Crippen LogP contribution is -2.37. The number of aryl methyl sites for hydroxylation is 1.